The molecule has 1 amide bonds. The summed E-state index contributed by atoms with van der Waals surface area (Å²) >= 11 is 0. The van der Waals surface area contributed by atoms with Gasteiger partial charge in [-0.1, -0.05) is 18.2 Å². The molecule has 20 heavy (non-hydrogen) atoms. The van der Waals surface area contributed by atoms with Gasteiger partial charge < -0.3 is 10.4 Å². The number of hydrogen-bond donors (Lipinski definition) is 2. The van der Waals surface area contributed by atoms with Crippen molar-refractivity contribution in [3.63, 3.8) is 0 Å². The Bertz CT molecular complexity index is 623. The van der Waals surface area contributed by atoms with Crippen LogP contribution in [0, 0.1) is 0 Å². The van der Waals surface area contributed by atoms with Crippen molar-refractivity contribution in [1.82, 2.24) is 20.1 Å². The van der Waals surface area contributed by atoms with Crippen LogP contribution in [0.2, 0.25) is 0 Å². The highest BCUT2D eigenvalue weighted by Gasteiger charge is 2.29. The fourth-order valence-electron chi connectivity index (χ4n) is 2.52. The minimum atomic E-state index is -0.0595. The Morgan fingerprint density at radius 2 is 2.20 bits per heavy atom. The number of aryl methyl sites for hydroxylation is 1. The highest BCUT2D eigenvalue weighted by atomic mass is 16.3. The van der Waals surface area contributed by atoms with Crippen molar-refractivity contribution >= 4 is 5.91 Å². The third kappa shape index (κ3) is 2.30. The summed E-state index contributed by atoms with van der Waals surface area (Å²) in [5.74, 6) is 0.785. The number of nitrogens with one attached hydrogen (secondary N) is 1. The van der Waals surface area contributed by atoms with Gasteiger partial charge in [-0.15, -0.1) is 0 Å². The van der Waals surface area contributed by atoms with Gasteiger partial charge in [0, 0.05) is 25.1 Å². The van der Waals surface area contributed by atoms with Crippen LogP contribution in [-0.4, -0.2) is 32.4 Å². The molecule has 2 heterocycles. The van der Waals surface area contributed by atoms with Gasteiger partial charge >= 0.3 is 0 Å². The van der Waals surface area contributed by atoms with E-state index in [-0.39, 0.29) is 18.6 Å². The van der Waals surface area contributed by atoms with Gasteiger partial charge in [0.05, 0.1) is 6.04 Å². The molecular weight excluding hydrogens is 256 g/mol. The van der Waals surface area contributed by atoms with E-state index in [9.17, 15) is 4.79 Å². The smallest absolute Gasteiger partial charge is 0.252 e. The zero-order chi connectivity index (χ0) is 13.9. The average Bonchev–Trinajstić information content (AvgIpc) is 3.03. The molecule has 0 spiro atoms. The Kier molecular flexibility index (Phi) is 3.47. The predicted molar refractivity (Wildman–Crippen MR) is 72.1 cm³/mol. The molecule has 0 saturated heterocycles. The molecule has 0 radical (unpaired) electrons. The van der Waals surface area contributed by atoms with E-state index in [1.54, 1.807) is 4.68 Å². The van der Waals surface area contributed by atoms with Gasteiger partial charge in [-0.2, -0.15) is 5.10 Å². The average molecular weight is 272 g/mol. The van der Waals surface area contributed by atoms with E-state index >= 15 is 0 Å². The highest BCUT2D eigenvalue weighted by Crippen LogP contribution is 2.27. The summed E-state index contributed by atoms with van der Waals surface area (Å²) in [6, 6.07) is 7.54. The molecular formula is C14H16N4O2. The van der Waals surface area contributed by atoms with Gasteiger partial charge in [-0.3, -0.25) is 4.79 Å². The number of aliphatic hydroxyl groups excluding tert-OH is 1. The molecule has 2 aromatic rings. The van der Waals surface area contributed by atoms with E-state index in [4.69, 9.17) is 5.11 Å². The van der Waals surface area contributed by atoms with Crippen molar-refractivity contribution in [3.8, 4) is 0 Å². The molecule has 0 aliphatic carbocycles. The Morgan fingerprint density at radius 3 is 3.05 bits per heavy atom. The van der Waals surface area contributed by atoms with Crippen molar-refractivity contribution < 1.29 is 9.90 Å². The number of aliphatic hydroxyl groups is 1. The minimum absolute atomic E-state index is 0.0352. The summed E-state index contributed by atoms with van der Waals surface area (Å²) in [4.78, 5) is 16.1. The third-order valence-corrected chi connectivity index (χ3v) is 3.50. The van der Waals surface area contributed by atoms with Crippen molar-refractivity contribution in [2.75, 3.05) is 6.61 Å². The van der Waals surface area contributed by atoms with E-state index in [0.717, 1.165) is 17.0 Å². The molecule has 3 rings (SSSR count). The van der Waals surface area contributed by atoms with Crippen LogP contribution in [0.5, 0.6) is 0 Å². The monoisotopic (exact) mass is 272 g/mol. The second-order valence-corrected chi connectivity index (χ2v) is 4.79. The molecule has 6 heteroatoms. The lowest BCUT2D eigenvalue weighted by Gasteiger charge is -2.12. The van der Waals surface area contributed by atoms with Crippen molar-refractivity contribution in [1.29, 1.82) is 0 Å². The van der Waals surface area contributed by atoms with E-state index in [0.29, 0.717) is 19.4 Å². The molecule has 6 nitrogen and oxygen atoms in total. The second-order valence-electron chi connectivity index (χ2n) is 4.79. The third-order valence-electron chi connectivity index (χ3n) is 3.50. The van der Waals surface area contributed by atoms with E-state index in [1.807, 2.05) is 24.3 Å². The zero-order valence-corrected chi connectivity index (χ0v) is 11.0. The van der Waals surface area contributed by atoms with Crippen LogP contribution in [0.25, 0.3) is 0 Å². The normalized spacial score (nSPS) is 17.1. The molecule has 104 valence electrons. The molecule has 1 atom stereocenters. The molecule has 0 unspecified atom stereocenters. The molecule has 1 aromatic heterocycles. The van der Waals surface area contributed by atoms with E-state index < -0.39 is 0 Å². The number of amides is 1. The summed E-state index contributed by atoms with van der Waals surface area (Å²) < 4.78 is 1.78. The molecule has 2 N–H and O–H groups in total. The first-order valence-corrected chi connectivity index (χ1v) is 6.67. The summed E-state index contributed by atoms with van der Waals surface area (Å²) in [7, 11) is 0. The lowest BCUT2D eigenvalue weighted by Crippen LogP contribution is -2.22. The lowest BCUT2D eigenvalue weighted by molar-refractivity contribution is 0.0956. The van der Waals surface area contributed by atoms with Crippen LogP contribution in [0.4, 0.5) is 0 Å². The SMILES string of the molecule is O=C1N[C@H](Cc2ncnn2CCCO)c2ccccc21. The molecule has 1 aliphatic heterocycles. The number of carbonyl (C=O) groups excluding carboxylic acids is 1. The van der Waals surface area contributed by atoms with Crippen LogP contribution in [0.15, 0.2) is 30.6 Å². The first kappa shape index (κ1) is 12.8. The highest BCUT2D eigenvalue weighted by molar-refractivity contribution is 5.99. The summed E-state index contributed by atoms with van der Waals surface area (Å²) in [5, 5.41) is 16.0. The van der Waals surface area contributed by atoms with Gasteiger partial charge in [0.25, 0.3) is 5.91 Å². The number of nitrogens with zero attached hydrogens (tertiary/aromatic N) is 3. The Morgan fingerprint density at radius 1 is 1.35 bits per heavy atom. The van der Waals surface area contributed by atoms with Crippen molar-refractivity contribution in [2.45, 2.75) is 25.4 Å². The van der Waals surface area contributed by atoms with Crippen LogP contribution >= 0.6 is 0 Å². The maximum absolute atomic E-state index is 11.9. The topological polar surface area (TPSA) is 80.0 Å². The van der Waals surface area contributed by atoms with E-state index in [2.05, 4.69) is 15.4 Å². The predicted octanol–water partition coefficient (Wildman–Crippen LogP) is 0.688. The van der Waals surface area contributed by atoms with Gasteiger partial charge in [0.2, 0.25) is 0 Å². The maximum atomic E-state index is 11.9. The maximum Gasteiger partial charge on any atom is 0.252 e. The van der Waals surface area contributed by atoms with Crippen molar-refractivity contribution in [3.05, 3.63) is 47.5 Å². The number of hydrogen-bond acceptors (Lipinski definition) is 4. The van der Waals surface area contributed by atoms with Crippen LogP contribution in [0.3, 0.4) is 0 Å². The Balaban J connectivity index is 1.80. The molecule has 1 aliphatic rings. The van der Waals surface area contributed by atoms with Gasteiger partial charge in [0.15, 0.2) is 0 Å². The van der Waals surface area contributed by atoms with Gasteiger partial charge in [-0.05, 0) is 18.1 Å². The van der Waals surface area contributed by atoms with Gasteiger partial charge in [0.1, 0.15) is 12.2 Å². The number of aromatic nitrogens is 3. The second kappa shape index (κ2) is 5.42. The largest absolute Gasteiger partial charge is 0.396 e. The molecule has 0 bridgehead atoms. The van der Waals surface area contributed by atoms with Crippen LogP contribution in [0.1, 0.15) is 34.2 Å². The minimum Gasteiger partial charge on any atom is -0.396 e. The fraction of sp³-hybridized carbons (Fsp3) is 0.357. The summed E-state index contributed by atoms with van der Waals surface area (Å²) in [5.41, 5.74) is 1.74. The molecule has 0 saturated carbocycles. The lowest BCUT2D eigenvalue weighted by atomic mass is 10.0. The van der Waals surface area contributed by atoms with Crippen molar-refractivity contribution in [2.24, 2.45) is 0 Å². The number of fused-ring (bicyclic) bond motifs is 1. The van der Waals surface area contributed by atoms with Gasteiger partial charge in [-0.25, -0.2) is 9.67 Å². The number of benzene rings is 1. The first-order chi connectivity index (χ1) is 9.79. The van der Waals surface area contributed by atoms with Crippen LogP contribution < -0.4 is 5.32 Å². The fourth-order valence-corrected chi connectivity index (χ4v) is 2.52. The Hall–Kier alpha value is -2.21. The Labute approximate surface area is 116 Å². The standard InChI is InChI=1S/C14H16N4O2/c19-7-3-6-18-13(15-9-16-18)8-12-10-4-1-2-5-11(10)14(20)17-12/h1-2,4-5,9,12,19H,3,6-8H2,(H,17,20)/t12-/m1/s1. The van der Waals surface area contributed by atoms with E-state index in [1.165, 1.54) is 6.33 Å². The summed E-state index contributed by atoms with van der Waals surface area (Å²) in [6.07, 6.45) is 2.76. The molecule has 1 aromatic carbocycles. The number of carbonyl (C=O) groups is 1. The quantitative estimate of drug-likeness (QED) is 0.839. The van der Waals surface area contributed by atoms with Crippen LogP contribution in [-0.2, 0) is 13.0 Å². The zero-order valence-electron chi connectivity index (χ0n) is 11.0. The summed E-state index contributed by atoms with van der Waals surface area (Å²) in [6.45, 7) is 0.760. The molecule has 0 fully saturated rings. The first-order valence-electron chi connectivity index (χ1n) is 6.67. The number of rotatable bonds is 5.